The van der Waals surface area contributed by atoms with Crippen molar-refractivity contribution in [1.82, 2.24) is 0 Å². The standard InChI is InChI=1S/C20H20Cl2N2O3/c1-11-8-12(21)4-7-16(11)24-19(26)23-13-5-6-15(22)14(9-13)18-20(2,3)10-17(25)27-18/h4-9,18H,10H2,1-3H3,(H2,23,24,26). The molecular formula is C20H20Cl2N2O3. The molecule has 0 spiro atoms. The van der Waals surface area contributed by atoms with Gasteiger partial charge in [-0.05, 0) is 48.9 Å². The molecule has 1 heterocycles. The molecule has 0 aliphatic carbocycles. The predicted molar refractivity (Wildman–Crippen MR) is 108 cm³/mol. The Labute approximate surface area is 168 Å². The molecule has 1 saturated heterocycles. The number of aryl methyl sites for hydroxylation is 1. The lowest BCUT2D eigenvalue weighted by Crippen LogP contribution is -2.21. The van der Waals surface area contributed by atoms with Crippen molar-refractivity contribution in [3.05, 3.63) is 57.6 Å². The fraction of sp³-hybridized carbons (Fsp3) is 0.300. The summed E-state index contributed by atoms with van der Waals surface area (Å²) in [6, 6.07) is 9.95. The summed E-state index contributed by atoms with van der Waals surface area (Å²) in [5, 5.41) is 6.66. The van der Waals surface area contributed by atoms with E-state index in [0.717, 1.165) is 5.56 Å². The van der Waals surface area contributed by atoms with Crippen LogP contribution in [0.15, 0.2) is 36.4 Å². The number of benzene rings is 2. The monoisotopic (exact) mass is 406 g/mol. The first-order valence-electron chi connectivity index (χ1n) is 8.49. The average Bonchev–Trinajstić information content (AvgIpc) is 2.84. The largest absolute Gasteiger partial charge is 0.457 e. The van der Waals surface area contributed by atoms with Gasteiger partial charge in [-0.25, -0.2) is 4.79 Å². The van der Waals surface area contributed by atoms with Gasteiger partial charge in [0.25, 0.3) is 0 Å². The molecule has 1 aliphatic heterocycles. The van der Waals surface area contributed by atoms with Crippen LogP contribution in [0.2, 0.25) is 10.0 Å². The number of nitrogens with one attached hydrogen (secondary N) is 2. The lowest BCUT2D eigenvalue weighted by molar-refractivity contribution is -0.142. The van der Waals surface area contributed by atoms with Crippen LogP contribution in [0.5, 0.6) is 0 Å². The van der Waals surface area contributed by atoms with E-state index in [1.54, 1.807) is 36.4 Å². The number of hydrogen-bond donors (Lipinski definition) is 2. The van der Waals surface area contributed by atoms with Crippen molar-refractivity contribution < 1.29 is 14.3 Å². The number of urea groups is 1. The molecular weight excluding hydrogens is 387 g/mol. The molecule has 0 aromatic heterocycles. The number of amides is 2. The molecule has 5 nitrogen and oxygen atoms in total. The molecule has 3 rings (SSSR count). The Morgan fingerprint density at radius 2 is 1.89 bits per heavy atom. The SMILES string of the molecule is Cc1cc(Cl)ccc1NC(=O)Nc1ccc(Cl)c(C2OC(=O)CC2(C)C)c1. The topological polar surface area (TPSA) is 67.4 Å². The lowest BCUT2D eigenvalue weighted by Gasteiger charge is -2.25. The van der Waals surface area contributed by atoms with Gasteiger partial charge in [-0.3, -0.25) is 4.79 Å². The van der Waals surface area contributed by atoms with Gasteiger partial charge in [0, 0.05) is 32.4 Å². The second kappa shape index (κ2) is 7.41. The summed E-state index contributed by atoms with van der Waals surface area (Å²) >= 11 is 12.3. The Hall–Kier alpha value is -2.24. The number of rotatable bonds is 3. The number of cyclic esters (lactones) is 1. The van der Waals surface area contributed by atoms with Crippen LogP contribution in [-0.4, -0.2) is 12.0 Å². The van der Waals surface area contributed by atoms with E-state index in [-0.39, 0.29) is 11.4 Å². The van der Waals surface area contributed by atoms with E-state index in [4.69, 9.17) is 27.9 Å². The fourth-order valence-electron chi connectivity index (χ4n) is 3.16. The Morgan fingerprint density at radius 3 is 2.52 bits per heavy atom. The maximum absolute atomic E-state index is 12.3. The Bertz CT molecular complexity index is 912. The van der Waals surface area contributed by atoms with E-state index < -0.39 is 12.1 Å². The Kier molecular flexibility index (Phi) is 5.36. The number of halogens is 2. The number of esters is 1. The summed E-state index contributed by atoms with van der Waals surface area (Å²) in [7, 11) is 0. The van der Waals surface area contributed by atoms with Crippen molar-refractivity contribution in [1.29, 1.82) is 0 Å². The van der Waals surface area contributed by atoms with E-state index in [1.807, 2.05) is 20.8 Å². The minimum Gasteiger partial charge on any atom is -0.457 e. The normalized spacial score (nSPS) is 18.1. The first-order chi connectivity index (χ1) is 12.7. The van der Waals surface area contributed by atoms with Crippen molar-refractivity contribution >= 4 is 46.6 Å². The maximum atomic E-state index is 12.3. The Balaban J connectivity index is 1.78. The lowest BCUT2D eigenvalue weighted by atomic mass is 9.82. The molecule has 142 valence electrons. The molecule has 7 heteroatoms. The average molecular weight is 407 g/mol. The molecule has 1 atom stereocenters. The molecule has 0 bridgehead atoms. The minimum absolute atomic E-state index is 0.254. The molecule has 1 fully saturated rings. The van der Waals surface area contributed by atoms with E-state index in [2.05, 4.69) is 10.6 Å². The summed E-state index contributed by atoms with van der Waals surface area (Å²) in [4.78, 5) is 24.1. The van der Waals surface area contributed by atoms with Crippen LogP contribution in [0, 0.1) is 12.3 Å². The third-order valence-corrected chi connectivity index (χ3v) is 5.11. The van der Waals surface area contributed by atoms with Crippen LogP contribution in [0.25, 0.3) is 0 Å². The molecule has 0 radical (unpaired) electrons. The predicted octanol–water partition coefficient (Wildman–Crippen LogP) is 5.96. The van der Waals surface area contributed by atoms with Crippen molar-refractivity contribution in [2.75, 3.05) is 10.6 Å². The number of carbonyl (C=O) groups excluding carboxylic acids is 2. The number of hydrogen-bond acceptors (Lipinski definition) is 3. The number of ether oxygens (including phenoxy) is 1. The van der Waals surface area contributed by atoms with Crippen molar-refractivity contribution in [3.8, 4) is 0 Å². The summed E-state index contributed by atoms with van der Waals surface area (Å²) in [5.41, 5.74) is 2.37. The van der Waals surface area contributed by atoms with Gasteiger partial charge in [-0.1, -0.05) is 37.0 Å². The van der Waals surface area contributed by atoms with Gasteiger partial charge < -0.3 is 15.4 Å². The smallest absolute Gasteiger partial charge is 0.323 e. The summed E-state index contributed by atoms with van der Waals surface area (Å²) in [6.45, 7) is 5.77. The van der Waals surface area contributed by atoms with Crippen LogP contribution in [0.1, 0.15) is 37.5 Å². The number of anilines is 2. The molecule has 1 aliphatic rings. The molecule has 2 aromatic carbocycles. The van der Waals surface area contributed by atoms with E-state index >= 15 is 0 Å². The van der Waals surface area contributed by atoms with Crippen molar-refractivity contribution in [2.24, 2.45) is 5.41 Å². The molecule has 27 heavy (non-hydrogen) atoms. The first kappa shape index (κ1) is 19.5. The van der Waals surface area contributed by atoms with Gasteiger partial charge in [0.1, 0.15) is 6.10 Å². The highest BCUT2D eigenvalue weighted by atomic mass is 35.5. The van der Waals surface area contributed by atoms with Gasteiger partial charge in [0.15, 0.2) is 0 Å². The van der Waals surface area contributed by atoms with Crippen LogP contribution in [0.3, 0.4) is 0 Å². The second-order valence-corrected chi connectivity index (χ2v) is 8.15. The quantitative estimate of drug-likeness (QED) is 0.617. The van der Waals surface area contributed by atoms with Crippen LogP contribution >= 0.6 is 23.2 Å². The van der Waals surface area contributed by atoms with E-state index in [9.17, 15) is 9.59 Å². The van der Waals surface area contributed by atoms with E-state index in [1.165, 1.54) is 0 Å². The van der Waals surface area contributed by atoms with Crippen molar-refractivity contribution in [2.45, 2.75) is 33.3 Å². The Morgan fingerprint density at radius 1 is 1.15 bits per heavy atom. The zero-order valence-corrected chi connectivity index (χ0v) is 16.7. The third-order valence-electron chi connectivity index (χ3n) is 4.53. The highest BCUT2D eigenvalue weighted by Gasteiger charge is 2.43. The summed E-state index contributed by atoms with van der Waals surface area (Å²) in [6.07, 6.45) is -0.136. The van der Waals surface area contributed by atoms with Gasteiger partial charge in [-0.2, -0.15) is 0 Å². The summed E-state index contributed by atoms with van der Waals surface area (Å²) < 4.78 is 5.46. The zero-order valence-electron chi connectivity index (χ0n) is 15.2. The molecule has 1 unspecified atom stereocenters. The van der Waals surface area contributed by atoms with E-state index in [0.29, 0.717) is 33.4 Å². The number of carbonyl (C=O) groups is 2. The van der Waals surface area contributed by atoms with Crippen LogP contribution in [0.4, 0.5) is 16.2 Å². The van der Waals surface area contributed by atoms with Crippen molar-refractivity contribution in [3.63, 3.8) is 0 Å². The van der Waals surface area contributed by atoms with Gasteiger partial charge >= 0.3 is 12.0 Å². The highest BCUT2D eigenvalue weighted by Crippen LogP contribution is 2.47. The van der Waals surface area contributed by atoms with Gasteiger partial charge in [0.2, 0.25) is 0 Å². The first-order valence-corrected chi connectivity index (χ1v) is 9.24. The second-order valence-electron chi connectivity index (χ2n) is 7.31. The minimum atomic E-state index is -0.458. The maximum Gasteiger partial charge on any atom is 0.323 e. The van der Waals surface area contributed by atoms with Gasteiger partial charge in [-0.15, -0.1) is 0 Å². The van der Waals surface area contributed by atoms with Gasteiger partial charge in [0.05, 0.1) is 6.42 Å². The zero-order chi connectivity index (χ0) is 19.8. The highest BCUT2D eigenvalue weighted by molar-refractivity contribution is 6.31. The molecule has 2 N–H and O–H groups in total. The molecule has 0 saturated carbocycles. The molecule has 2 amide bonds. The molecule has 2 aromatic rings. The third kappa shape index (κ3) is 4.37. The summed E-state index contributed by atoms with van der Waals surface area (Å²) in [5.74, 6) is -0.254. The van der Waals surface area contributed by atoms with Crippen LogP contribution in [-0.2, 0) is 9.53 Å². The van der Waals surface area contributed by atoms with Crippen LogP contribution < -0.4 is 10.6 Å². The fourth-order valence-corrected chi connectivity index (χ4v) is 3.60.